The predicted molar refractivity (Wildman–Crippen MR) is 61.4 cm³/mol. The van der Waals surface area contributed by atoms with E-state index in [4.69, 9.17) is 4.74 Å². The lowest BCUT2D eigenvalue weighted by Gasteiger charge is -2.10. The molecule has 0 unspecified atom stereocenters. The van der Waals surface area contributed by atoms with Gasteiger partial charge in [-0.1, -0.05) is 0 Å². The van der Waals surface area contributed by atoms with Crippen molar-refractivity contribution < 1.29 is 4.74 Å². The molecule has 0 aromatic heterocycles. The minimum Gasteiger partial charge on any atom is -0.490 e. The quantitative estimate of drug-likeness (QED) is 0.770. The summed E-state index contributed by atoms with van der Waals surface area (Å²) in [6, 6.07) is 6.21. The molecular weight excluding hydrogens is 194 g/mol. The van der Waals surface area contributed by atoms with Crippen LogP contribution in [-0.2, 0) is 0 Å². The first-order chi connectivity index (χ1) is 6.83. The van der Waals surface area contributed by atoms with Crippen molar-refractivity contribution in [2.24, 2.45) is 0 Å². The van der Waals surface area contributed by atoms with Crippen molar-refractivity contribution in [3.63, 3.8) is 0 Å². The number of ether oxygens (including phenoxy) is 1. The number of rotatable bonds is 4. The van der Waals surface area contributed by atoms with Crippen LogP contribution in [0.5, 0.6) is 5.75 Å². The summed E-state index contributed by atoms with van der Waals surface area (Å²) in [6.07, 6.45) is 4.98. The van der Waals surface area contributed by atoms with Gasteiger partial charge in [0.2, 0.25) is 0 Å². The van der Waals surface area contributed by atoms with Crippen LogP contribution in [0.3, 0.4) is 0 Å². The molecule has 76 valence electrons. The van der Waals surface area contributed by atoms with Crippen molar-refractivity contribution in [3.8, 4) is 5.75 Å². The van der Waals surface area contributed by atoms with Crippen LogP contribution in [-0.4, -0.2) is 19.4 Å². The van der Waals surface area contributed by atoms with Gasteiger partial charge in [-0.25, -0.2) is 0 Å². The SMILES string of the molecule is CNc1ccc(OC2CC2)cc1SC. The van der Waals surface area contributed by atoms with Crippen LogP contribution >= 0.6 is 11.8 Å². The van der Waals surface area contributed by atoms with Crippen molar-refractivity contribution in [3.05, 3.63) is 18.2 Å². The van der Waals surface area contributed by atoms with Gasteiger partial charge in [-0.2, -0.15) is 0 Å². The summed E-state index contributed by atoms with van der Waals surface area (Å²) in [5, 5.41) is 3.17. The summed E-state index contributed by atoms with van der Waals surface area (Å²) >= 11 is 1.74. The summed E-state index contributed by atoms with van der Waals surface area (Å²) in [6.45, 7) is 0. The van der Waals surface area contributed by atoms with Gasteiger partial charge in [0.15, 0.2) is 0 Å². The Hall–Kier alpha value is -0.830. The normalized spacial score (nSPS) is 15.3. The van der Waals surface area contributed by atoms with E-state index in [9.17, 15) is 0 Å². The third-order valence-electron chi connectivity index (χ3n) is 2.27. The molecule has 1 fully saturated rings. The van der Waals surface area contributed by atoms with Crippen LogP contribution in [0.2, 0.25) is 0 Å². The van der Waals surface area contributed by atoms with Crippen LogP contribution in [0, 0.1) is 0 Å². The van der Waals surface area contributed by atoms with Gasteiger partial charge in [-0.15, -0.1) is 11.8 Å². The highest BCUT2D eigenvalue weighted by molar-refractivity contribution is 7.98. The molecule has 2 nitrogen and oxygen atoms in total. The second-order valence-corrected chi connectivity index (χ2v) is 4.28. The lowest BCUT2D eigenvalue weighted by molar-refractivity contribution is 0.302. The van der Waals surface area contributed by atoms with Gasteiger partial charge >= 0.3 is 0 Å². The van der Waals surface area contributed by atoms with Gasteiger partial charge < -0.3 is 10.1 Å². The zero-order valence-corrected chi connectivity index (χ0v) is 9.36. The van der Waals surface area contributed by atoms with E-state index >= 15 is 0 Å². The van der Waals surface area contributed by atoms with Crippen molar-refractivity contribution in [2.45, 2.75) is 23.8 Å². The van der Waals surface area contributed by atoms with E-state index in [-0.39, 0.29) is 0 Å². The standard InChI is InChI=1S/C11H15NOS/c1-12-10-6-5-9(7-11(10)14-2)13-8-3-4-8/h5-8,12H,3-4H2,1-2H3. The van der Waals surface area contributed by atoms with E-state index in [0.717, 1.165) is 5.75 Å². The summed E-state index contributed by atoms with van der Waals surface area (Å²) in [7, 11) is 1.94. The molecule has 3 heteroatoms. The largest absolute Gasteiger partial charge is 0.490 e. The Labute approximate surface area is 89.0 Å². The van der Waals surface area contributed by atoms with E-state index in [1.54, 1.807) is 11.8 Å². The van der Waals surface area contributed by atoms with Crippen molar-refractivity contribution in [1.82, 2.24) is 0 Å². The minimum atomic E-state index is 0.477. The third-order valence-corrected chi connectivity index (χ3v) is 3.05. The molecule has 0 radical (unpaired) electrons. The molecule has 1 aromatic carbocycles. The van der Waals surface area contributed by atoms with Crippen LogP contribution in [0.25, 0.3) is 0 Å². The average Bonchev–Trinajstić information content (AvgIpc) is 3.01. The molecule has 0 aliphatic heterocycles. The summed E-state index contributed by atoms with van der Waals surface area (Å²) in [4.78, 5) is 1.24. The predicted octanol–water partition coefficient (Wildman–Crippen LogP) is 2.99. The molecular formula is C11H15NOS. The Morgan fingerprint density at radius 1 is 1.43 bits per heavy atom. The highest BCUT2D eigenvalue weighted by atomic mass is 32.2. The average molecular weight is 209 g/mol. The van der Waals surface area contributed by atoms with Crippen molar-refractivity contribution in [2.75, 3.05) is 18.6 Å². The molecule has 0 saturated heterocycles. The first kappa shape index (κ1) is 9.71. The molecule has 1 N–H and O–H groups in total. The van der Waals surface area contributed by atoms with E-state index in [2.05, 4.69) is 23.7 Å². The fourth-order valence-corrected chi connectivity index (χ4v) is 1.95. The maximum atomic E-state index is 5.73. The van der Waals surface area contributed by atoms with Crippen LogP contribution in [0.15, 0.2) is 23.1 Å². The van der Waals surface area contributed by atoms with Gasteiger partial charge in [-0.3, -0.25) is 0 Å². The number of hydrogen-bond donors (Lipinski definition) is 1. The molecule has 0 amide bonds. The molecule has 0 heterocycles. The summed E-state index contributed by atoms with van der Waals surface area (Å²) < 4.78 is 5.73. The number of benzene rings is 1. The van der Waals surface area contributed by atoms with Crippen molar-refractivity contribution in [1.29, 1.82) is 0 Å². The zero-order valence-electron chi connectivity index (χ0n) is 8.54. The van der Waals surface area contributed by atoms with Gasteiger partial charge in [0, 0.05) is 17.6 Å². The number of hydrogen-bond acceptors (Lipinski definition) is 3. The Bertz CT molecular complexity index is 323. The second-order valence-electron chi connectivity index (χ2n) is 3.43. The Morgan fingerprint density at radius 3 is 2.79 bits per heavy atom. The maximum absolute atomic E-state index is 5.73. The molecule has 1 aliphatic rings. The molecule has 1 saturated carbocycles. The molecule has 0 bridgehead atoms. The Balaban J connectivity index is 2.16. The lowest BCUT2D eigenvalue weighted by Crippen LogP contribution is -1.97. The fraction of sp³-hybridized carbons (Fsp3) is 0.455. The summed E-state index contributed by atoms with van der Waals surface area (Å²) in [5.74, 6) is 0.996. The van der Waals surface area contributed by atoms with Gasteiger partial charge in [0.25, 0.3) is 0 Å². The number of anilines is 1. The molecule has 1 aromatic rings. The van der Waals surface area contributed by atoms with Crippen LogP contribution in [0.4, 0.5) is 5.69 Å². The highest BCUT2D eigenvalue weighted by Crippen LogP contribution is 2.32. The smallest absolute Gasteiger partial charge is 0.120 e. The number of nitrogens with one attached hydrogen (secondary N) is 1. The first-order valence-electron chi connectivity index (χ1n) is 4.86. The van der Waals surface area contributed by atoms with Crippen LogP contribution in [0.1, 0.15) is 12.8 Å². The van der Waals surface area contributed by atoms with E-state index < -0.39 is 0 Å². The Morgan fingerprint density at radius 2 is 2.21 bits per heavy atom. The summed E-state index contributed by atoms with van der Waals surface area (Å²) in [5.41, 5.74) is 1.17. The van der Waals surface area contributed by atoms with Crippen LogP contribution < -0.4 is 10.1 Å². The van der Waals surface area contributed by atoms with E-state index in [0.29, 0.717) is 6.10 Å². The topological polar surface area (TPSA) is 21.3 Å². The highest BCUT2D eigenvalue weighted by Gasteiger charge is 2.23. The van der Waals surface area contributed by atoms with Gasteiger partial charge in [-0.05, 0) is 37.3 Å². The molecule has 2 rings (SSSR count). The Kier molecular flexibility index (Phi) is 2.87. The van der Waals surface area contributed by atoms with Crippen molar-refractivity contribution >= 4 is 17.4 Å². The van der Waals surface area contributed by atoms with E-state index in [1.165, 1.54) is 23.4 Å². The molecule has 14 heavy (non-hydrogen) atoms. The second kappa shape index (κ2) is 4.13. The van der Waals surface area contributed by atoms with Gasteiger partial charge in [0.05, 0.1) is 6.10 Å². The maximum Gasteiger partial charge on any atom is 0.120 e. The molecule has 1 aliphatic carbocycles. The van der Waals surface area contributed by atoms with E-state index in [1.807, 2.05) is 13.1 Å². The molecule has 0 atom stereocenters. The first-order valence-corrected chi connectivity index (χ1v) is 6.08. The number of thioether (sulfide) groups is 1. The lowest BCUT2D eigenvalue weighted by atomic mass is 10.3. The van der Waals surface area contributed by atoms with Gasteiger partial charge in [0.1, 0.15) is 5.75 Å². The molecule has 0 spiro atoms. The zero-order chi connectivity index (χ0) is 9.97. The third kappa shape index (κ3) is 2.15. The monoisotopic (exact) mass is 209 g/mol. The fourth-order valence-electron chi connectivity index (χ4n) is 1.33. The minimum absolute atomic E-state index is 0.477.